The summed E-state index contributed by atoms with van der Waals surface area (Å²) >= 11 is 1.40. The number of rotatable bonds is 7. The van der Waals surface area contributed by atoms with E-state index in [1.54, 1.807) is 12.1 Å². The van der Waals surface area contributed by atoms with Crippen LogP contribution in [0.4, 0.5) is 5.13 Å². The van der Waals surface area contributed by atoms with Crippen LogP contribution in [0.25, 0.3) is 22.0 Å². The first kappa shape index (κ1) is 19.0. The third kappa shape index (κ3) is 4.76. The van der Waals surface area contributed by atoms with Crippen LogP contribution in [0.1, 0.15) is 29.6 Å². The van der Waals surface area contributed by atoms with E-state index in [0.29, 0.717) is 30.0 Å². The molecule has 4 aromatic rings. The van der Waals surface area contributed by atoms with E-state index in [1.807, 2.05) is 41.8 Å². The Morgan fingerprint density at radius 1 is 0.862 bits per heavy atom. The number of ketones is 1. The Kier molecular flexibility index (Phi) is 5.77. The third-order valence-corrected chi connectivity index (χ3v) is 5.46. The van der Waals surface area contributed by atoms with Gasteiger partial charge < -0.3 is 5.32 Å². The molecule has 5 heteroatoms. The Bertz CT molecular complexity index is 1150. The number of benzene rings is 3. The number of hydrogen-bond donors (Lipinski definition) is 1. The lowest BCUT2D eigenvalue weighted by Crippen LogP contribution is -2.11. The molecule has 144 valence electrons. The highest BCUT2D eigenvalue weighted by Crippen LogP contribution is 2.27. The van der Waals surface area contributed by atoms with Gasteiger partial charge in [0.25, 0.3) is 0 Å². The van der Waals surface area contributed by atoms with Gasteiger partial charge >= 0.3 is 0 Å². The van der Waals surface area contributed by atoms with Gasteiger partial charge in [-0.15, -0.1) is 11.3 Å². The standard InChI is InChI=1S/C24H20N2O2S/c27-22(18-8-2-1-3-9-18)11-6-12-23(28)26-24-25-21(16-29-24)20-14-13-17-7-4-5-10-19(17)15-20/h1-5,7-10,13-16H,6,11-12H2,(H,25,26,28). The summed E-state index contributed by atoms with van der Waals surface area (Å²) in [6.07, 6.45) is 1.17. The van der Waals surface area contributed by atoms with Crippen molar-refractivity contribution in [2.75, 3.05) is 5.32 Å². The van der Waals surface area contributed by atoms with Crippen molar-refractivity contribution in [1.29, 1.82) is 0 Å². The van der Waals surface area contributed by atoms with Gasteiger partial charge in [0, 0.05) is 29.3 Å². The highest BCUT2D eigenvalue weighted by atomic mass is 32.1. The Morgan fingerprint density at radius 3 is 2.45 bits per heavy atom. The van der Waals surface area contributed by atoms with Gasteiger partial charge in [0.05, 0.1) is 5.69 Å². The highest BCUT2D eigenvalue weighted by Gasteiger charge is 2.10. The molecule has 0 saturated heterocycles. The highest BCUT2D eigenvalue weighted by molar-refractivity contribution is 7.14. The predicted molar refractivity (Wildman–Crippen MR) is 118 cm³/mol. The van der Waals surface area contributed by atoms with Crippen molar-refractivity contribution in [2.45, 2.75) is 19.3 Å². The molecule has 3 aromatic carbocycles. The summed E-state index contributed by atoms with van der Waals surface area (Å²) < 4.78 is 0. The third-order valence-electron chi connectivity index (χ3n) is 4.70. The largest absolute Gasteiger partial charge is 0.302 e. The molecule has 0 radical (unpaired) electrons. The molecule has 0 aliphatic heterocycles. The Morgan fingerprint density at radius 2 is 1.62 bits per heavy atom. The van der Waals surface area contributed by atoms with Crippen molar-refractivity contribution < 1.29 is 9.59 Å². The van der Waals surface area contributed by atoms with Crippen molar-refractivity contribution >= 4 is 38.9 Å². The lowest BCUT2D eigenvalue weighted by molar-refractivity contribution is -0.116. The molecule has 0 bridgehead atoms. The van der Waals surface area contributed by atoms with Crippen LogP contribution < -0.4 is 5.32 Å². The molecular weight excluding hydrogens is 380 g/mol. The van der Waals surface area contributed by atoms with Crippen molar-refractivity contribution in [3.05, 3.63) is 83.7 Å². The summed E-state index contributed by atoms with van der Waals surface area (Å²) in [6.45, 7) is 0. The van der Waals surface area contributed by atoms with Crippen LogP contribution in [0.15, 0.2) is 78.2 Å². The first-order valence-electron chi connectivity index (χ1n) is 9.52. The van der Waals surface area contributed by atoms with Crippen molar-refractivity contribution in [3.8, 4) is 11.3 Å². The molecule has 0 atom stereocenters. The molecular formula is C24H20N2O2S. The molecule has 4 rings (SSSR count). The van der Waals surface area contributed by atoms with Crippen LogP contribution in [0.5, 0.6) is 0 Å². The van der Waals surface area contributed by atoms with Gasteiger partial charge in [-0.3, -0.25) is 9.59 Å². The molecule has 0 saturated carbocycles. The van der Waals surface area contributed by atoms with Crippen LogP contribution in [0.2, 0.25) is 0 Å². The van der Waals surface area contributed by atoms with Gasteiger partial charge in [-0.1, -0.05) is 66.7 Å². The number of fused-ring (bicyclic) bond motifs is 1. The number of thiazole rings is 1. The van der Waals surface area contributed by atoms with Crippen molar-refractivity contribution in [1.82, 2.24) is 4.98 Å². The summed E-state index contributed by atoms with van der Waals surface area (Å²) in [5.41, 5.74) is 2.55. The molecule has 0 fully saturated rings. The van der Waals surface area contributed by atoms with E-state index >= 15 is 0 Å². The lowest BCUT2D eigenvalue weighted by atomic mass is 10.1. The lowest BCUT2D eigenvalue weighted by Gasteiger charge is -2.03. The molecule has 4 nitrogen and oxygen atoms in total. The van der Waals surface area contributed by atoms with Crippen LogP contribution in [0, 0.1) is 0 Å². The fourth-order valence-corrected chi connectivity index (χ4v) is 3.91. The summed E-state index contributed by atoms with van der Waals surface area (Å²) in [5, 5.41) is 7.70. The fraction of sp³-hybridized carbons (Fsp3) is 0.125. The number of hydrogen-bond acceptors (Lipinski definition) is 4. The minimum Gasteiger partial charge on any atom is -0.302 e. The molecule has 1 amide bonds. The quantitative estimate of drug-likeness (QED) is 0.390. The van der Waals surface area contributed by atoms with Crippen molar-refractivity contribution in [3.63, 3.8) is 0 Å². The molecule has 1 heterocycles. The van der Waals surface area contributed by atoms with Crippen LogP contribution in [-0.4, -0.2) is 16.7 Å². The maximum absolute atomic E-state index is 12.2. The van der Waals surface area contributed by atoms with Gasteiger partial charge in [0.15, 0.2) is 10.9 Å². The smallest absolute Gasteiger partial charge is 0.226 e. The zero-order valence-corrected chi connectivity index (χ0v) is 16.6. The zero-order chi connectivity index (χ0) is 20.1. The monoisotopic (exact) mass is 400 g/mol. The van der Waals surface area contributed by atoms with Gasteiger partial charge in [-0.25, -0.2) is 4.98 Å². The maximum Gasteiger partial charge on any atom is 0.226 e. The predicted octanol–water partition coefficient (Wildman–Crippen LogP) is 5.96. The van der Waals surface area contributed by atoms with Crippen LogP contribution in [-0.2, 0) is 4.79 Å². The minimum absolute atomic E-state index is 0.0613. The number of amides is 1. The van der Waals surface area contributed by atoms with E-state index in [9.17, 15) is 9.59 Å². The average Bonchev–Trinajstić information content (AvgIpc) is 3.22. The number of nitrogens with zero attached hydrogens (tertiary/aromatic N) is 1. The molecule has 0 aliphatic rings. The van der Waals surface area contributed by atoms with Gasteiger partial charge in [0.1, 0.15) is 0 Å². The van der Waals surface area contributed by atoms with E-state index in [2.05, 4.69) is 34.6 Å². The second-order valence-electron chi connectivity index (χ2n) is 6.79. The summed E-state index contributed by atoms with van der Waals surface area (Å²) in [7, 11) is 0. The summed E-state index contributed by atoms with van der Waals surface area (Å²) in [4.78, 5) is 28.8. The van der Waals surface area contributed by atoms with E-state index in [4.69, 9.17) is 0 Å². The topological polar surface area (TPSA) is 59.1 Å². The number of nitrogens with one attached hydrogen (secondary N) is 1. The van der Waals surface area contributed by atoms with Gasteiger partial charge in [-0.2, -0.15) is 0 Å². The first-order chi connectivity index (χ1) is 14.2. The Labute approximate surface area is 173 Å². The van der Waals surface area contributed by atoms with E-state index in [0.717, 1.165) is 16.6 Å². The maximum atomic E-state index is 12.2. The molecule has 1 N–H and O–H groups in total. The van der Waals surface area contributed by atoms with Gasteiger partial charge in [0.2, 0.25) is 5.91 Å². The van der Waals surface area contributed by atoms with E-state index in [1.165, 1.54) is 16.7 Å². The molecule has 0 spiro atoms. The number of carbonyl (C=O) groups excluding carboxylic acids is 2. The number of anilines is 1. The Hall–Kier alpha value is -3.31. The first-order valence-corrected chi connectivity index (χ1v) is 10.4. The van der Waals surface area contributed by atoms with Crippen LogP contribution >= 0.6 is 11.3 Å². The van der Waals surface area contributed by atoms with Crippen LogP contribution in [0.3, 0.4) is 0 Å². The van der Waals surface area contributed by atoms with E-state index in [-0.39, 0.29) is 11.7 Å². The zero-order valence-electron chi connectivity index (χ0n) is 15.8. The van der Waals surface area contributed by atoms with Crippen molar-refractivity contribution in [2.24, 2.45) is 0 Å². The molecule has 0 aliphatic carbocycles. The summed E-state index contributed by atoms with van der Waals surface area (Å²) in [6, 6.07) is 23.6. The minimum atomic E-state index is -0.120. The SMILES string of the molecule is O=C(CCCC(=O)c1ccccc1)Nc1nc(-c2ccc3ccccc3c2)cs1. The molecule has 1 aromatic heterocycles. The molecule has 29 heavy (non-hydrogen) atoms. The van der Waals surface area contributed by atoms with E-state index < -0.39 is 0 Å². The fourth-order valence-electron chi connectivity index (χ4n) is 3.17. The number of Topliss-reactive ketones (excluding diaryl/α,β-unsaturated/α-hetero) is 1. The average molecular weight is 401 g/mol. The second kappa shape index (κ2) is 8.80. The second-order valence-corrected chi connectivity index (χ2v) is 7.65. The molecule has 0 unspecified atom stereocenters. The summed E-state index contributed by atoms with van der Waals surface area (Å²) in [5.74, 6) is -0.0588. The Balaban J connectivity index is 1.32. The number of aromatic nitrogens is 1. The normalized spacial score (nSPS) is 10.8. The van der Waals surface area contributed by atoms with Gasteiger partial charge in [-0.05, 0) is 23.3 Å². The number of carbonyl (C=O) groups is 2.